The van der Waals surface area contributed by atoms with Gasteiger partial charge in [0.2, 0.25) is 11.7 Å². The van der Waals surface area contributed by atoms with E-state index in [1.165, 1.54) is 0 Å². The van der Waals surface area contributed by atoms with Crippen LogP contribution in [0.5, 0.6) is 0 Å². The third-order valence-electron chi connectivity index (χ3n) is 2.77. The first-order valence-electron chi connectivity index (χ1n) is 6.50. The van der Waals surface area contributed by atoms with E-state index < -0.39 is 0 Å². The van der Waals surface area contributed by atoms with Gasteiger partial charge in [0, 0.05) is 34.7 Å². The molecule has 0 saturated carbocycles. The van der Waals surface area contributed by atoms with Crippen LogP contribution in [-0.4, -0.2) is 41.4 Å². The number of ether oxygens (including phenoxy) is 1. The van der Waals surface area contributed by atoms with Gasteiger partial charge in [0.05, 0.1) is 6.61 Å². The lowest BCUT2D eigenvalue weighted by atomic mass is 10.2. The van der Waals surface area contributed by atoms with Crippen LogP contribution in [0.1, 0.15) is 12.8 Å². The van der Waals surface area contributed by atoms with E-state index in [0.717, 1.165) is 15.5 Å². The average Bonchev–Trinajstić information content (AvgIpc) is 2.87. The molecule has 1 N–H and O–H groups in total. The van der Waals surface area contributed by atoms with E-state index in [9.17, 15) is 0 Å². The van der Waals surface area contributed by atoms with Crippen molar-refractivity contribution in [2.24, 2.45) is 0 Å². The highest BCUT2D eigenvalue weighted by molar-refractivity contribution is 9.11. The Labute approximate surface area is 139 Å². The number of nitrogens with one attached hydrogen (secondary N) is 1. The SMILES string of the molecule is CCNC(COC)Cc1nc(-c2ncc(Br)cc2Br)no1. The van der Waals surface area contributed by atoms with Crippen molar-refractivity contribution in [3.05, 3.63) is 27.1 Å². The van der Waals surface area contributed by atoms with Crippen LogP contribution in [0.3, 0.4) is 0 Å². The van der Waals surface area contributed by atoms with Crippen LogP contribution < -0.4 is 5.32 Å². The van der Waals surface area contributed by atoms with E-state index in [1.807, 2.05) is 13.0 Å². The second kappa shape index (κ2) is 7.98. The highest BCUT2D eigenvalue weighted by Crippen LogP contribution is 2.26. The number of methoxy groups -OCH3 is 1. The zero-order chi connectivity index (χ0) is 15.2. The summed E-state index contributed by atoms with van der Waals surface area (Å²) in [6.07, 6.45) is 2.31. The summed E-state index contributed by atoms with van der Waals surface area (Å²) in [5.74, 6) is 1.03. The van der Waals surface area contributed by atoms with Gasteiger partial charge in [0.25, 0.3) is 0 Å². The van der Waals surface area contributed by atoms with Crippen molar-refractivity contribution < 1.29 is 9.26 Å². The Morgan fingerprint density at radius 3 is 2.90 bits per heavy atom. The molecule has 2 aromatic heterocycles. The molecule has 2 rings (SSSR count). The first-order valence-corrected chi connectivity index (χ1v) is 8.09. The summed E-state index contributed by atoms with van der Waals surface area (Å²) in [6.45, 7) is 3.49. The normalized spacial score (nSPS) is 12.6. The highest BCUT2D eigenvalue weighted by Gasteiger charge is 2.17. The molecule has 1 unspecified atom stereocenters. The van der Waals surface area contributed by atoms with Crippen LogP contribution in [0.4, 0.5) is 0 Å². The summed E-state index contributed by atoms with van der Waals surface area (Å²) >= 11 is 6.81. The molecule has 0 fully saturated rings. The Balaban J connectivity index is 2.13. The van der Waals surface area contributed by atoms with Gasteiger partial charge in [-0.15, -0.1) is 0 Å². The number of rotatable bonds is 7. The fraction of sp³-hybridized carbons (Fsp3) is 0.462. The number of hydrogen-bond donors (Lipinski definition) is 1. The average molecular weight is 420 g/mol. The molecular formula is C13H16Br2N4O2. The van der Waals surface area contributed by atoms with E-state index in [0.29, 0.717) is 30.4 Å². The zero-order valence-electron chi connectivity index (χ0n) is 11.8. The van der Waals surface area contributed by atoms with Gasteiger partial charge in [-0.2, -0.15) is 4.98 Å². The minimum absolute atomic E-state index is 0.148. The predicted octanol–water partition coefficient (Wildman–Crippen LogP) is 2.82. The standard InChI is InChI=1S/C13H16Br2N4O2/c1-3-16-9(7-20-2)5-11-18-13(19-21-11)12-10(15)4-8(14)6-17-12/h4,6,9,16H,3,5,7H2,1-2H3. The van der Waals surface area contributed by atoms with Gasteiger partial charge >= 0.3 is 0 Å². The maximum absolute atomic E-state index is 5.30. The van der Waals surface area contributed by atoms with Crippen molar-refractivity contribution in [3.63, 3.8) is 0 Å². The summed E-state index contributed by atoms with van der Waals surface area (Å²) in [5.41, 5.74) is 0.653. The first kappa shape index (κ1) is 16.5. The van der Waals surface area contributed by atoms with Crippen LogP contribution in [0, 0.1) is 0 Å². The smallest absolute Gasteiger partial charge is 0.228 e. The van der Waals surface area contributed by atoms with E-state index in [1.54, 1.807) is 13.3 Å². The lowest BCUT2D eigenvalue weighted by Crippen LogP contribution is -2.35. The second-order valence-electron chi connectivity index (χ2n) is 4.41. The third kappa shape index (κ3) is 4.57. The second-order valence-corrected chi connectivity index (χ2v) is 6.18. The number of hydrogen-bond acceptors (Lipinski definition) is 6. The number of pyridine rings is 1. The first-order chi connectivity index (χ1) is 10.1. The van der Waals surface area contributed by atoms with Crippen molar-refractivity contribution in [3.8, 4) is 11.5 Å². The number of likely N-dealkylation sites (N-methyl/N-ethyl adjacent to an activating group) is 1. The van der Waals surface area contributed by atoms with E-state index >= 15 is 0 Å². The van der Waals surface area contributed by atoms with Gasteiger partial charge in [-0.05, 0) is 44.5 Å². The Kier molecular flexibility index (Phi) is 6.28. The van der Waals surface area contributed by atoms with Gasteiger partial charge in [0.15, 0.2) is 0 Å². The number of aromatic nitrogens is 3. The molecule has 0 aliphatic carbocycles. The molecule has 1 atom stereocenters. The molecule has 0 spiro atoms. The zero-order valence-corrected chi connectivity index (χ0v) is 14.9. The third-order valence-corrected chi connectivity index (χ3v) is 3.81. The highest BCUT2D eigenvalue weighted by atomic mass is 79.9. The van der Waals surface area contributed by atoms with Crippen LogP contribution in [0.25, 0.3) is 11.5 Å². The van der Waals surface area contributed by atoms with Crippen LogP contribution in [-0.2, 0) is 11.2 Å². The quantitative estimate of drug-likeness (QED) is 0.743. The predicted molar refractivity (Wildman–Crippen MR) is 86.0 cm³/mol. The lowest BCUT2D eigenvalue weighted by molar-refractivity contribution is 0.162. The Morgan fingerprint density at radius 2 is 2.24 bits per heavy atom. The molecule has 6 nitrogen and oxygen atoms in total. The van der Waals surface area contributed by atoms with Crippen molar-refractivity contribution >= 4 is 31.9 Å². The molecule has 8 heteroatoms. The minimum Gasteiger partial charge on any atom is -0.383 e. The summed E-state index contributed by atoms with van der Waals surface area (Å²) in [4.78, 5) is 8.69. The van der Waals surface area contributed by atoms with Gasteiger partial charge in [-0.25, -0.2) is 0 Å². The van der Waals surface area contributed by atoms with Crippen molar-refractivity contribution in [1.82, 2.24) is 20.4 Å². The van der Waals surface area contributed by atoms with Gasteiger partial charge < -0.3 is 14.6 Å². The fourth-order valence-corrected chi connectivity index (χ4v) is 3.07. The number of nitrogens with zero attached hydrogens (tertiary/aromatic N) is 3. The molecule has 114 valence electrons. The van der Waals surface area contributed by atoms with E-state index in [4.69, 9.17) is 9.26 Å². The molecule has 0 radical (unpaired) electrons. The van der Waals surface area contributed by atoms with Crippen LogP contribution in [0.15, 0.2) is 25.7 Å². The van der Waals surface area contributed by atoms with Crippen LogP contribution >= 0.6 is 31.9 Å². The Morgan fingerprint density at radius 1 is 1.43 bits per heavy atom. The maximum atomic E-state index is 5.30. The molecule has 2 aromatic rings. The molecule has 0 aromatic carbocycles. The molecule has 0 aliphatic heterocycles. The van der Waals surface area contributed by atoms with Gasteiger partial charge in [-0.3, -0.25) is 4.98 Å². The summed E-state index contributed by atoms with van der Waals surface area (Å²) in [5, 5.41) is 7.30. The van der Waals surface area contributed by atoms with Crippen molar-refractivity contribution in [2.75, 3.05) is 20.3 Å². The fourth-order valence-electron chi connectivity index (χ4n) is 1.90. The molecule has 2 heterocycles. The number of halogens is 2. The molecule has 0 amide bonds. The summed E-state index contributed by atoms with van der Waals surface area (Å²) in [7, 11) is 1.67. The summed E-state index contributed by atoms with van der Waals surface area (Å²) in [6, 6.07) is 2.04. The Bertz CT molecular complexity index is 585. The van der Waals surface area contributed by atoms with E-state index in [2.05, 4.69) is 52.3 Å². The maximum Gasteiger partial charge on any atom is 0.228 e. The van der Waals surface area contributed by atoms with Crippen LogP contribution in [0.2, 0.25) is 0 Å². The molecule has 0 aliphatic rings. The monoisotopic (exact) mass is 418 g/mol. The molecular weight excluding hydrogens is 404 g/mol. The molecule has 0 saturated heterocycles. The van der Waals surface area contributed by atoms with Crippen molar-refractivity contribution in [1.29, 1.82) is 0 Å². The topological polar surface area (TPSA) is 73.1 Å². The molecule has 21 heavy (non-hydrogen) atoms. The molecule has 0 bridgehead atoms. The van der Waals surface area contributed by atoms with Gasteiger partial charge in [0.1, 0.15) is 5.69 Å². The largest absolute Gasteiger partial charge is 0.383 e. The lowest BCUT2D eigenvalue weighted by Gasteiger charge is -2.14. The van der Waals surface area contributed by atoms with Gasteiger partial charge in [-0.1, -0.05) is 12.1 Å². The summed E-state index contributed by atoms with van der Waals surface area (Å²) < 4.78 is 12.2. The minimum atomic E-state index is 0.148. The van der Waals surface area contributed by atoms with Crippen molar-refractivity contribution in [2.45, 2.75) is 19.4 Å². The van der Waals surface area contributed by atoms with E-state index in [-0.39, 0.29) is 6.04 Å². The Hall–Kier alpha value is -0.830.